The van der Waals surface area contributed by atoms with Crippen LogP contribution in [0.3, 0.4) is 0 Å². The van der Waals surface area contributed by atoms with Crippen LogP contribution in [0.5, 0.6) is 0 Å². The highest BCUT2D eigenvalue weighted by atomic mass is 32.1. The van der Waals surface area contributed by atoms with E-state index in [1.165, 1.54) is 37.1 Å². The summed E-state index contributed by atoms with van der Waals surface area (Å²) in [7, 11) is 0. The molecule has 1 atom stereocenters. The molecule has 4 heteroatoms. The Balaban J connectivity index is 1.95. The maximum atomic E-state index is 4.36. The molecule has 1 aliphatic rings. The fraction of sp³-hybridized carbons (Fsp3) is 0.833. The first-order valence-electron chi connectivity index (χ1n) is 6.38. The molecule has 1 N–H and O–H groups in total. The summed E-state index contributed by atoms with van der Waals surface area (Å²) in [6, 6.07) is 0.354. The van der Waals surface area contributed by atoms with Gasteiger partial charge in [0.05, 0.1) is 6.04 Å². The Morgan fingerprint density at radius 1 is 1.38 bits per heavy atom. The van der Waals surface area contributed by atoms with Crippen molar-refractivity contribution in [3.8, 4) is 0 Å². The topological polar surface area (TPSA) is 37.8 Å². The minimum atomic E-state index is 0.354. The molecule has 1 aromatic rings. The molecule has 90 valence electrons. The molecular formula is C12H21N3S. The molecule has 1 unspecified atom stereocenters. The molecule has 0 radical (unpaired) electrons. The fourth-order valence-corrected chi connectivity index (χ4v) is 3.25. The Morgan fingerprint density at radius 2 is 2.12 bits per heavy atom. The summed E-state index contributed by atoms with van der Waals surface area (Å²) >= 11 is 1.80. The molecule has 0 aliphatic heterocycles. The van der Waals surface area contributed by atoms with E-state index in [1.807, 2.05) is 0 Å². The second-order valence-corrected chi connectivity index (χ2v) is 5.68. The lowest BCUT2D eigenvalue weighted by molar-refractivity contribution is 0.563. The van der Waals surface area contributed by atoms with Gasteiger partial charge in [0.15, 0.2) is 0 Å². The monoisotopic (exact) mass is 239 g/mol. The number of hydrogen-bond acceptors (Lipinski definition) is 4. The van der Waals surface area contributed by atoms with Crippen LogP contribution in [0.25, 0.3) is 0 Å². The van der Waals surface area contributed by atoms with E-state index in [0.29, 0.717) is 12.0 Å². The van der Waals surface area contributed by atoms with Gasteiger partial charge < -0.3 is 5.32 Å². The molecule has 16 heavy (non-hydrogen) atoms. The van der Waals surface area contributed by atoms with E-state index in [4.69, 9.17) is 0 Å². The van der Waals surface area contributed by atoms with Gasteiger partial charge in [-0.15, -0.1) is 10.2 Å². The molecule has 0 amide bonds. The van der Waals surface area contributed by atoms with Gasteiger partial charge >= 0.3 is 0 Å². The van der Waals surface area contributed by atoms with Crippen LogP contribution in [-0.2, 0) is 0 Å². The minimum Gasteiger partial charge on any atom is -0.308 e. The van der Waals surface area contributed by atoms with E-state index in [1.54, 1.807) is 11.3 Å². The largest absolute Gasteiger partial charge is 0.308 e. The Morgan fingerprint density at radius 3 is 2.81 bits per heavy atom. The van der Waals surface area contributed by atoms with Crippen molar-refractivity contribution in [2.24, 2.45) is 0 Å². The maximum Gasteiger partial charge on any atom is 0.134 e. The van der Waals surface area contributed by atoms with Crippen LogP contribution in [0.4, 0.5) is 0 Å². The predicted molar refractivity (Wildman–Crippen MR) is 67.8 cm³/mol. The number of nitrogens with zero attached hydrogens (tertiary/aromatic N) is 2. The van der Waals surface area contributed by atoms with Crippen molar-refractivity contribution in [2.75, 3.05) is 6.54 Å². The van der Waals surface area contributed by atoms with E-state index in [0.717, 1.165) is 11.6 Å². The van der Waals surface area contributed by atoms with E-state index >= 15 is 0 Å². The average Bonchev–Trinajstić information content (AvgIpc) is 2.94. The van der Waals surface area contributed by atoms with Crippen LogP contribution >= 0.6 is 11.3 Å². The summed E-state index contributed by atoms with van der Waals surface area (Å²) in [6.45, 7) is 5.41. The molecule has 0 spiro atoms. The Bertz CT molecular complexity index is 318. The van der Waals surface area contributed by atoms with E-state index < -0.39 is 0 Å². The number of aromatic nitrogens is 2. The zero-order chi connectivity index (χ0) is 11.4. The quantitative estimate of drug-likeness (QED) is 0.857. The van der Waals surface area contributed by atoms with Crippen LogP contribution in [0.2, 0.25) is 0 Å². The molecule has 1 heterocycles. The molecule has 1 saturated carbocycles. The summed E-state index contributed by atoms with van der Waals surface area (Å²) in [6.07, 6.45) is 6.52. The average molecular weight is 239 g/mol. The van der Waals surface area contributed by atoms with Crippen molar-refractivity contribution < 1.29 is 0 Å². The molecule has 1 fully saturated rings. The second-order valence-electron chi connectivity index (χ2n) is 4.64. The minimum absolute atomic E-state index is 0.354. The zero-order valence-electron chi connectivity index (χ0n) is 10.2. The molecule has 1 aliphatic carbocycles. The standard InChI is InChI=1S/C12H21N3S/c1-3-8-13-9(2)11-14-15-12(16-11)10-6-4-5-7-10/h9-10,13H,3-8H2,1-2H3. The van der Waals surface area contributed by atoms with Gasteiger partial charge in [-0.25, -0.2) is 0 Å². The number of hydrogen-bond donors (Lipinski definition) is 1. The van der Waals surface area contributed by atoms with Gasteiger partial charge in [0, 0.05) is 5.92 Å². The summed E-state index contributed by atoms with van der Waals surface area (Å²) in [5.74, 6) is 0.699. The van der Waals surface area contributed by atoms with Crippen LogP contribution in [0.15, 0.2) is 0 Å². The van der Waals surface area contributed by atoms with Gasteiger partial charge in [0.25, 0.3) is 0 Å². The lowest BCUT2D eigenvalue weighted by Gasteiger charge is -2.08. The van der Waals surface area contributed by atoms with Crippen molar-refractivity contribution in [2.45, 2.75) is 57.9 Å². The zero-order valence-corrected chi connectivity index (χ0v) is 11.0. The molecule has 0 bridgehead atoms. The van der Waals surface area contributed by atoms with Gasteiger partial charge in [-0.2, -0.15) is 0 Å². The Labute approximate surface area is 102 Å². The SMILES string of the molecule is CCCNC(C)c1nnc(C2CCCC2)s1. The first-order chi connectivity index (χ1) is 7.81. The third-order valence-corrected chi connectivity index (χ3v) is 4.50. The van der Waals surface area contributed by atoms with Crippen LogP contribution in [0, 0.1) is 0 Å². The third-order valence-electron chi connectivity index (χ3n) is 3.23. The van der Waals surface area contributed by atoms with E-state index in [9.17, 15) is 0 Å². The summed E-state index contributed by atoms with van der Waals surface area (Å²) in [5.41, 5.74) is 0. The maximum absolute atomic E-state index is 4.36. The third kappa shape index (κ3) is 2.80. The van der Waals surface area contributed by atoms with Crippen molar-refractivity contribution >= 4 is 11.3 Å². The van der Waals surface area contributed by atoms with Crippen LogP contribution < -0.4 is 5.32 Å². The normalized spacial score (nSPS) is 19.1. The number of nitrogens with one attached hydrogen (secondary N) is 1. The highest BCUT2D eigenvalue weighted by molar-refractivity contribution is 7.11. The van der Waals surface area contributed by atoms with Crippen molar-refractivity contribution in [1.82, 2.24) is 15.5 Å². The van der Waals surface area contributed by atoms with Crippen LogP contribution in [-0.4, -0.2) is 16.7 Å². The smallest absolute Gasteiger partial charge is 0.134 e. The number of rotatable bonds is 5. The van der Waals surface area contributed by atoms with E-state index in [-0.39, 0.29) is 0 Å². The van der Waals surface area contributed by atoms with Gasteiger partial charge in [-0.1, -0.05) is 31.1 Å². The summed E-state index contributed by atoms with van der Waals surface area (Å²) in [5, 5.41) is 14.5. The van der Waals surface area contributed by atoms with Crippen LogP contribution in [0.1, 0.15) is 67.9 Å². The van der Waals surface area contributed by atoms with Gasteiger partial charge in [-0.3, -0.25) is 0 Å². The molecule has 0 aromatic carbocycles. The lowest BCUT2D eigenvalue weighted by Crippen LogP contribution is -2.19. The first kappa shape index (κ1) is 12.0. The lowest BCUT2D eigenvalue weighted by atomic mass is 10.1. The molecular weight excluding hydrogens is 218 g/mol. The first-order valence-corrected chi connectivity index (χ1v) is 7.19. The van der Waals surface area contributed by atoms with E-state index in [2.05, 4.69) is 29.4 Å². The predicted octanol–water partition coefficient (Wildman–Crippen LogP) is 3.26. The second kappa shape index (κ2) is 5.73. The van der Waals surface area contributed by atoms with Crippen molar-refractivity contribution in [3.63, 3.8) is 0 Å². The van der Waals surface area contributed by atoms with Crippen molar-refractivity contribution in [1.29, 1.82) is 0 Å². The van der Waals surface area contributed by atoms with Gasteiger partial charge in [-0.05, 0) is 32.7 Å². The Kier molecular flexibility index (Phi) is 4.29. The van der Waals surface area contributed by atoms with Gasteiger partial charge in [0.2, 0.25) is 0 Å². The van der Waals surface area contributed by atoms with Crippen molar-refractivity contribution in [3.05, 3.63) is 10.0 Å². The highest BCUT2D eigenvalue weighted by Gasteiger charge is 2.22. The molecule has 1 aromatic heterocycles. The summed E-state index contributed by atoms with van der Waals surface area (Å²) in [4.78, 5) is 0. The molecule has 3 nitrogen and oxygen atoms in total. The summed E-state index contributed by atoms with van der Waals surface area (Å²) < 4.78 is 0. The highest BCUT2D eigenvalue weighted by Crippen LogP contribution is 2.36. The Hall–Kier alpha value is -0.480. The van der Waals surface area contributed by atoms with Gasteiger partial charge in [0.1, 0.15) is 10.0 Å². The fourth-order valence-electron chi connectivity index (χ4n) is 2.21. The molecule has 0 saturated heterocycles. The molecule has 2 rings (SSSR count).